The molecule has 178 valence electrons. The van der Waals surface area contributed by atoms with Crippen LogP contribution in [0.15, 0.2) is 77.7 Å². The molecule has 8 nitrogen and oxygen atoms in total. The highest BCUT2D eigenvalue weighted by Crippen LogP contribution is 2.28. The highest BCUT2D eigenvalue weighted by atomic mass is 32.2. The van der Waals surface area contributed by atoms with Crippen LogP contribution in [-0.4, -0.2) is 49.2 Å². The molecular formula is C25H26N2O6S. The standard InChI is InChI=1S/C25H26N2O6S/c1-3-27(4-2)34(31,32)21-14-15-23(28)22(16-21)26-24(29)17-33-20-12-10-19(11-13-20)25(30)18-8-6-5-7-9-18/h5-16,28H,3-4,17H2,1-2H3,(H,26,29). The van der Waals surface area contributed by atoms with Crippen molar-refractivity contribution >= 4 is 27.4 Å². The fourth-order valence-electron chi connectivity index (χ4n) is 3.28. The molecule has 0 aliphatic carbocycles. The molecule has 0 aliphatic heterocycles. The van der Waals surface area contributed by atoms with Gasteiger partial charge in [-0.3, -0.25) is 9.59 Å². The quantitative estimate of drug-likeness (QED) is 0.337. The first-order chi connectivity index (χ1) is 16.3. The Morgan fingerprint density at radius 2 is 1.53 bits per heavy atom. The third-order valence-electron chi connectivity index (χ3n) is 5.11. The van der Waals surface area contributed by atoms with Crippen molar-refractivity contribution in [3.63, 3.8) is 0 Å². The number of ether oxygens (including phenoxy) is 1. The fourth-order valence-corrected chi connectivity index (χ4v) is 4.77. The van der Waals surface area contributed by atoms with E-state index in [0.717, 1.165) is 0 Å². The molecule has 0 spiro atoms. The summed E-state index contributed by atoms with van der Waals surface area (Å²) in [5.74, 6) is -0.602. The first kappa shape index (κ1) is 24.9. The maximum absolute atomic E-state index is 12.7. The summed E-state index contributed by atoms with van der Waals surface area (Å²) in [5, 5.41) is 12.5. The molecule has 0 heterocycles. The first-order valence-electron chi connectivity index (χ1n) is 10.7. The number of sulfonamides is 1. The van der Waals surface area contributed by atoms with E-state index in [2.05, 4.69) is 5.32 Å². The van der Waals surface area contributed by atoms with E-state index in [-0.39, 0.29) is 28.7 Å². The van der Waals surface area contributed by atoms with Gasteiger partial charge in [0.1, 0.15) is 11.5 Å². The molecule has 0 aliphatic rings. The van der Waals surface area contributed by atoms with Crippen LogP contribution in [0.3, 0.4) is 0 Å². The molecule has 0 saturated heterocycles. The van der Waals surface area contributed by atoms with E-state index in [1.54, 1.807) is 62.4 Å². The van der Waals surface area contributed by atoms with Crippen molar-refractivity contribution in [3.05, 3.63) is 83.9 Å². The van der Waals surface area contributed by atoms with E-state index in [1.165, 1.54) is 22.5 Å². The zero-order valence-electron chi connectivity index (χ0n) is 18.9. The van der Waals surface area contributed by atoms with Crippen molar-refractivity contribution in [1.29, 1.82) is 0 Å². The molecule has 0 fully saturated rings. The Morgan fingerprint density at radius 3 is 2.15 bits per heavy atom. The van der Waals surface area contributed by atoms with E-state index < -0.39 is 15.9 Å². The summed E-state index contributed by atoms with van der Waals surface area (Å²) in [6, 6.07) is 19.0. The predicted molar refractivity (Wildman–Crippen MR) is 129 cm³/mol. The Bertz CT molecular complexity index is 1250. The molecule has 9 heteroatoms. The van der Waals surface area contributed by atoms with E-state index in [0.29, 0.717) is 30.0 Å². The van der Waals surface area contributed by atoms with Crippen LogP contribution < -0.4 is 10.1 Å². The number of carbonyl (C=O) groups is 2. The number of aromatic hydroxyl groups is 1. The Hall–Kier alpha value is -3.69. The summed E-state index contributed by atoms with van der Waals surface area (Å²) in [5.41, 5.74) is 1.02. The van der Waals surface area contributed by atoms with Gasteiger partial charge in [0.25, 0.3) is 5.91 Å². The largest absolute Gasteiger partial charge is 0.506 e. The number of amides is 1. The number of benzene rings is 3. The monoisotopic (exact) mass is 482 g/mol. The van der Waals surface area contributed by atoms with Crippen LogP contribution in [0.2, 0.25) is 0 Å². The molecular weight excluding hydrogens is 456 g/mol. The molecule has 3 aromatic carbocycles. The minimum atomic E-state index is -3.75. The summed E-state index contributed by atoms with van der Waals surface area (Å²) in [4.78, 5) is 24.8. The maximum Gasteiger partial charge on any atom is 0.262 e. The Labute approximate surface area is 198 Å². The molecule has 0 aromatic heterocycles. The topological polar surface area (TPSA) is 113 Å². The number of hydrogen-bond donors (Lipinski definition) is 2. The second-order valence-corrected chi connectivity index (χ2v) is 9.26. The highest BCUT2D eigenvalue weighted by molar-refractivity contribution is 7.89. The highest BCUT2D eigenvalue weighted by Gasteiger charge is 2.23. The van der Waals surface area contributed by atoms with Crippen molar-refractivity contribution in [2.45, 2.75) is 18.7 Å². The number of ketones is 1. The normalized spacial score (nSPS) is 11.3. The fraction of sp³-hybridized carbons (Fsp3) is 0.200. The van der Waals surface area contributed by atoms with Crippen molar-refractivity contribution in [2.75, 3.05) is 25.0 Å². The van der Waals surface area contributed by atoms with Crippen LogP contribution >= 0.6 is 0 Å². The van der Waals surface area contributed by atoms with Crippen molar-refractivity contribution in [2.24, 2.45) is 0 Å². The Balaban J connectivity index is 1.63. The van der Waals surface area contributed by atoms with E-state index >= 15 is 0 Å². The Kier molecular flexibility index (Phi) is 8.04. The van der Waals surface area contributed by atoms with Crippen LogP contribution in [0.1, 0.15) is 29.8 Å². The van der Waals surface area contributed by atoms with Gasteiger partial charge in [0, 0.05) is 24.2 Å². The molecule has 3 aromatic rings. The molecule has 0 saturated carbocycles. The molecule has 0 radical (unpaired) electrons. The molecule has 3 rings (SSSR count). The van der Waals surface area contributed by atoms with E-state index in [4.69, 9.17) is 4.74 Å². The molecule has 0 atom stereocenters. The van der Waals surface area contributed by atoms with Gasteiger partial charge in [-0.15, -0.1) is 0 Å². The first-order valence-corrected chi connectivity index (χ1v) is 12.2. The number of anilines is 1. The molecule has 2 N–H and O–H groups in total. The van der Waals surface area contributed by atoms with E-state index in [1.807, 2.05) is 6.07 Å². The van der Waals surface area contributed by atoms with Gasteiger partial charge in [0.2, 0.25) is 10.0 Å². The number of hydrogen-bond acceptors (Lipinski definition) is 6. The SMILES string of the molecule is CCN(CC)S(=O)(=O)c1ccc(O)c(NC(=O)COc2ccc(C(=O)c3ccccc3)cc2)c1. The molecule has 0 bridgehead atoms. The summed E-state index contributed by atoms with van der Waals surface area (Å²) in [6.45, 7) is 3.67. The second kappa shape index (κ2) is 11.0. The van der Waals surface area contributed by atoms with Crippen molar-refractivity contribution in [3.8, 4) is 11.5 Å². The van der Waals surface area contributed by atoms with Gasteiger partial charge in [0.05, 0.1) is 10.6 Å². The third-order valence-corrected chi connectivity index (χ3v) is 7.15. The van der Waals surface area contributed by atoms with Crippen LogP contribution in [0.5, 0.6) is 11.5 Å². The van der Waals surface area contributed by atoms with Gasteiger partial charge in [-0.05, 0) is 42.5 Å². The lowest BCUT2D eigenvalue weighted by Gasteiger charge is -2.19. The Morgan fingerprint density at radius 1 is 0.912 bits per heavy atom. The zero-order chi connectivity index (χ0) is 24.7. The van der Waals surface area contributed by atoms with Crippen LogP contribution in [0, 0.1) is 0 Å². The number of nitrogens with zero attached hydrogens (tertiary/aromatic N) is 1. The lowest BCUT2D eigenvalue weighted by Crippen LogP contribution is -2.30. The third kappa shape index (κ3) is 5.81. The van der Waals surface area contributed by atoms with Crippen LogP contribution in [0.25, 0.3) is 0 Å². The zero-order valence-corrected chi connectivity index (χ0v) is 19.7. The van der Waals surface area contributed by atoms with Gasteiger partial charge in [-0.25, -0.2) is 8.42 Å². The lowest BCUT2D eigenvalue weighted by atomic mass is 10.0. The van der Waals surface area contributed by atoms with Gasteiger partial charge in [-0.2, -0.15) is 4.31 Å². The van der Waals surface area contributed by atoms with Crippen LogP contribution in [-0.2, 0) is 14.8 Å². The van der Waals surface area contributed by atoms with Crippen LogP contribution in [0.4, 0.5) is 5.69 Å². The smallest absolute Gasteiger partial charge is 0.262 e. The van der Waals surface area contributed by atoms with Gasteiger partial charge in [-0.1, -0.05) is 44.2 Å². The summed E-state index contributed by atoms with van der Waals surface area (Å²) >= 11 is 0. The van der Waals surface area contributed by atoms with Crippen molar-refractivity contribution in [1.82, 2.24) is 4.31 Å². The van der Waals surface area contributed by atoms with Gasteiger partial charge in [0.15, 0.2) is 12.4 Å². The minimum absolute atomic E-state index is 0.0364. The molecule has 0 unspecified atom stereocenters. The maximum atomic E-state index is 12.7. The van der Waals surface area contributed by atoms with Gasteiger partial charge < -0.3 is 15.2 Å². The number of rotatable bonds is 10. The average Bonchev–Trinajstić information content (AvgIpc) is 2.85. The number of carbonyl (C=O) groups excluding carboxylic acids is 2. The van der Waals surface area contributed by atoms with Crippen molar-refractivity contribution < 1.29 is 27.9 Å². The average molecular weight is 483 g/mol. The lowest BCUT2D eigenvalue weighted by molar-refractivity contribution is -0.118. The number of phenols is 1. The minimum Gasteiger partial charge on any atom is -0.506 e. The summed E-state index contributed by atoms with van der Waals surface area (Å²) in [6.07, 6.45) is 0. The summed E-state index contributed by atoms with van der Waals surface area (Å²) < 4.78 is 32.1. The summed E-state index contributed by atoms with van der Waals surface area (Å²) in [7, 11) is -3.75. The number of phenolic OH excluding ortho intramolecular Hbond substituents is 1. The molecule has 34 heavy (non-hydrogen) atoms. The second-order valence-electron chi connectivity index (χ2n) is 7.32. The van der Waals surface area contributed by atoms with E-state index in [9.17, 15) is 23.1 Å². The molecule has 1 amide bonds. The predicted octanol–water partition coefficient (Wildman–Crippen LogP) is 3.67. The van der Waals surface area contributed by atoms with Gasteiger partial charge >= 0.3 is 0 Å². The number of nitrogens with one attached hydrogen (secondary N) is 1.